The first-order valence-corrected chi connectivity index (χ1v) is 12.2. The maximum Gasteiger partial charge on any atom is 0.228 e. The van der Waals surface area contributed by atoms with E-state index in [-0.39, 0.29) is 18.2 Å². The Bertz CT molecular complexity index is 1040. The fourth-order valence-corrected chi connectivity index (χ4v) is 5.29. The van der Waals surface area contributed by atoms with Crippen LogP contribution in [0.25, 0.3) is 0 Å². The number of rotatable bonds is 8. The highest BCUT2D eigenvalue weighted by atomic mass is 35.5. The molecule has 31 heavy (non-hydrogen) atoms. The average molecular weight is 483 g/mol. The number of piperidine rings is 1. The molecule has 0 saturated carbocycles. The van der Waals surface area contributed by atoms with Crippen LogP contribution in [0.15, 0.2) is 55.1 Å². The molecule has 0 bridgehead atoms. The molecule has 0 radical (unpaired) electrons. The molecule has 1 heterocycles. The van der Waals surface area contributed by atoms with Crippen molar-refractivity contribution in [2.75, 3.05) is 25.0 Å². The Morgan fingerprint density at radius 1 is 1.19 bits per heavy atom. The quantitative estimate of drug-likeness (QED) is 0.551. The Labute approximate surface area is 192 Å². The number of sulfonamides is 1. The first-order valence-electron chi connectivity index (χ1n) is 9.85. The second kappa shape index (κ2) is 10.5. The van der Waals surface area contributed by atoms with Gasteiger partial charge < -0.3 is 10.1 Å². The molecule has 1 fully saturated rings. The lowest BCUT2D eigenvalue weighted by atomic mass is 9.99. The Balaban J connectivity index is 1.61. The Kier molecular flexibility index (Phi) is 8.00. The van der Waals surface area contributed by atoms with E-state index in [0.717, 1.165) is 0 Å². The molecule has 1 aliphatic rings. The minimum atomic E-state index is -3.59. The van der Waals surface area contributed by atoms with E-state index in [9.17, 15) is 13.2 Å². The van der Waals surface area contributed by atoms with E-state index in [2.05, 4.69) is 11.9 Å². The zero-order valence-electron chi connectivity index (χ0n) is 16.9. The van der Waals surface area contributed by atoms with Gasteiger partial charge in [-0.15, -0.1) is 0 Å². The topological polar surface area (TPSA) is 75.7 Å². The van der Waals surface area contributed by atoms with E-state index in [1.165, 1.54) is 4.31 Å². The number of anilines is 1. The van der Waals surface area contributed by atoms with Crippen molar-refractivity contribution in [1.29, 1.82) is 0 Å². The van der Waals surface area contributed by atoms with E-state index in [0.29, 0.717) is 53.0 Å². The second-order valence-electron chi connectivity index (χ2n) is 7.32. The van der Waals surface area contributed by atoms with E-state index in [1.54, 1.807) is 48.5 Å². The number of ether oxygens (including phenoxy) is 1. The van der Waals surface area contributed by atoms with Crippen LogP contribution < -0.4 is 10.1 Å². The summed E-state index contributed by atoms with van der Waals surface area (Å²) in [5.74, 6) is -0.136. The summed E-state index contributed by atoms with van der Waals surface area (Å²) < 4.78 is 32.6. The van der Waals surface area contributed by atoms with E-state index >= 15 is 0 Å². The highest BCUT2D eigenvalue weighted by Crippen LogP contribution is 2.26. The molecule has 2 aromatic carbocycles. The van der Waals surface area contributed by atoms with E-state index in [1.807, 2.05) is 0 Å². The monoisotopic (exact) mass is 482 g/mol. The minimum absolute atomic E-state index is 0.149. The molecule has 6 nitrogen and oxygen atoms in total. The molecule has 2 aromatic rings. The summed E-state index contributed by atoms with van der Waals surface area (Å²) in [6.07, 6.45) is 2.90. The fraction of sp³-hybridized carbons (Fsp3) is 0.318. The molecular formula is C22H24Cl2N2O4S. The van der Waals surface area contributed by atoms with Gasteiger partial charge in [0.15, 0.2) is 0 Å². The molecule has 1 saturated heterocycles. The Hall–Kier alpha value is -2.06. The fourth-order valence-electron chi connectivity index (χ4n) is 3.37. The van der Waals surface area contributed by atoms with Crippen molar-refractivity contribution in [3.63, 3.8) is 0 Å². The number of benzene rings is 2. The first kappa shape index (κ1) is 23.6. The van der Waals surface area contributed by atoms with Gasteiger partial charge in [0.05, 0.1) is 21.7 Å². The Morgan fingerprint density at radius 2 is 1.94 bits per heavy atom. The molecular weight excluding hydrogens is 459 g/mol. The third kappa shape index (κ3) is 6.46. The van der Waals surface area contributed by atoms with E-state index in [4.69, 9.17) is 27.9 Å². The SMILES string of the molecule is C=CCOc1ccc(NC(=O)C2CCCN(S(=O)(=O)Cc3ccc(Cl)c(Cl)c3)C2)cc1. The first-order chi connectivity index (χ1) is 14.8. The number of amides is 1. The number of halogens is 2. The zero-order chi connectivity index (χ0) is 22.4. The number of carbonyl (C=O) groups excluding carboxylic acids is 1. The summed E-state index contributed by atoms with van der Waals surface area (Å²) >= 11 is 11.9. The summed E-state index contributed by atoms with van der Waals surface area (Å²) in [6.45, 7) is 4.54. The number of carbonyl (C=O) groups is 1. The summed E-state index contributed by atoms with van der Waals surface area (Å²) in [6, 6.07) is 11.8. The molecule has 0 aliphatic carbocycles. The van der Waals surface area contributed by atoms with Crippen molar-refractivity contribution in [3.8, 4) is 5.75 Å². The van der Waals surface area contributed by atoms with Gasteiger partial charge in [0.25, 0.3) is 0 Å². The van der Waals surface area contributed by atoms with Gasteiger partial charge in [0, 0.05) is 18.8 Å². The third-order valence-electron chi connectivity index (χ3n) is 4.97. The maximum atomic E-state index is 12.9. The lowest BCUT2D eigenvalue weighted by Gasteiger charge is -2.31. The lowest BCUT2D eigenvalue weighted by molar-refractivity contribution is -0.120. The van der Waals surface area contributed by atoms with Crippen molar-refractivity contribution in [2.45, 2.75) is 18.6 Å². The van der Waals surface area contributed by atoms with Gasteiger partial charge in [-0.1, -0.05) is 41.9 Å². The molecule has 0 spiro atoms. The van der Waals surface area contributed by atoms with Crippen LogP contribution in [-0.2, 0) is 20.6 Å². The van der Waals surface area contributed by atoms with Crippen LogP contribution in [0.3, 0.4) is 0 Å². The minimum Gasteiger partial charge on any atom is -0.490 e. The maximum absolute atomic E-state index is 12.9. The highest BCUT2D eigenvalue weighted by Gasteiger charge is 2.32. The molecule has 166 valence electrons. The summed E-state index contributed by atoms with van der Waals surface area (Å²) in [5, 5.41) is 3.55. The van der Waals surface area contributed by atoms with Crippen LogP contribution in [0.4, 0.5) is 5.69 Å². The van der Waals surface area contributed by atoms with Crippen LogP contribution in [0.5, 0.6) is 5.75 Å². The summed E-state index contributed by atoms with van der Waals surface area (Å²) in [4.78, 5) is 12.7. The lowest BCUT2D eigenvalue weighted by Crippen LogP contribution is -2.44. The predicted molar refractivity (Wildman–Crippen MR) is 124 cm³/mol. The molecule has 1 N–H and O–H groups in total. The number of nitrogens with zero attached hydrogens (tertiary/aromatic N) is 1. The highest BCUT2D eigenvalue weighted by molar-refractivity contribution is 7.88. The average Bonchev–Trinajstić information content (AvgIpc) is 2.76. The van der Waals surface area contributed by atoms with Crippen molar-refractivity contribution in [3.05, 3.63) is 70.7 Å². The molecule has 1 amide bonds. The Morgan fingerprint density at radius 3 is 2.61 bits per heavy atom. The van der Waals surface area contributed by atoms with Gasteiger partial charge in [0.1, 0.15) is 12.4 Å². The smallest absolute Gasteiger partial charge is 0.228 e. The summed E-state index contributed by atoms with van der Waals surface area (Å²) in [7, 11) is -3.59. The van der Waals surface area contributed by atoms with Crippen molar-refractivity contribution in [1.82, 2.24) is 4.31 Å². The largest absolute Gasteiger partial charge is 0.490 e. The predicted octanol–water partition coefficient (Wildman–Crippen LogP) is 4.74. The van der Waals surface area contributed by atoms with Crippen LogP contribution in [-0.4, -0.2) is 38.3 Å². The van der Waals surface area contributed by atoms with Crippen LogP contribution >= 0.6 is 23.2 Å². The molecule has 1 atom stereocenters. The standard InChI is InChI=1S/C22H24Cl2N2O4S/c1-2-12-30-19-8-6-18(7-9-19)25-22(27)17-4-3-11-26(14-17)31(28,29)15-16-5-10-20(23)21(24)13-16/h2,5-10,13,17H,1,3-4,11-12,14-15H2,(H,25,27). The van der Waals surface area contributed by atoms with Crippen molar-refractivity contribution < 1.29 is 17.9 Å². The molecule has 1 unspecified atom stereocenters. The van der Waals surface area contributed by atoms with Crippen LogP contribution in [0.1, 0.15) is 18.4 Å². The van der Waals surface area contributed by atoms with Crippen molar-refractivity contribution >= 4 is 44.8 Å². The zero-order valence-corrected chi connectivity index (χ0v) is 19.2. The molecule has 9 heteroatoms. The molecule has 3 rings (SSSR count). The van der Waals surface area contributed by atoms with Gasteiger partial charge in [-0.2, -0.15) is 0 Å². The van der Waals surface area contributed by atoms with Crippen LogP contribution in [0.2, 0.25) is 10.0 Å². The third-order valence-corrected chi connectivity index (χ3v) is 7.53. The second-order valence-corrected chi connectivity index (χ2v) is 10.1. The van der Waals surface area contributed by atoms with Crippen molar-refractivity contribution in [2.24, 2.45) is 5.92 Å². The summed E-state index contributed by atoms with van der Waals surface area (Å²) in [5.41, 5.74) is 1.19. The van der Waals surface area contributed by atoms with Gasteiger partial charge in [-0.05, 0) is 54.8 Å². The van der Waals surface area contributed by atoms with Gasteiger partial charge in [0.2, 0.25) is 15.9 Å². The molecule has 0 aromatic heterocycles. The van der Waals surface area contributed by atoms with Gasteiger partial charge in [-0.3, -0.25) is 4.79 Å². The van der Waals surface area contributed by atoms with Crippen LogP contribution in [0, 0.1) is 5.92 Å². The molecule has 1 aliphatic heterocycles. The van der Waals surface area contributed by atoms with E-state index < -0.39 is 15.9 Å². The normalized spacial score (nSPS) is 17.2. The number of nitrogens with one attached hydrogen (secondary N) is 1. The number of hydrogen-bond acceptors (Lipinski definition) is 4. The van der Waals surface area contributed by atoms with Gasteiger partial charge in [-0.25, -0.2) is 12.7 Å². The van der Waals surface area contributed by atoms with Gasteiger partial charge >= 0.3 is 0 Å². The number of hydrogen-bond donors (Lipinski definition) is 1.